The molecule has 2 aromatic rings. The minimum atomic E-state index is -0.199. The van der Waals surface area contributed by atoms with Gasteiger partial charge in [0.25, 0.3) is 5.91 Å². The molecule has 0 bridgehead atoms. The van der Waals surface area contributed by atoms with Crippen LogP contribution in [0.2, 0.25) is 0 Å². The largest absolute Gasteiger partial charge is 0.385 e. The highest BCUT2D eigenvalue weighted by Gasteiger charge is 2.18. The van der Waals surface area contributed by atoms with Crippen LogP contribution in [0.3, 0.4) is 0 Å². The second kappa shape index (κ2) is 11.3. The Morgan fingerprint density at radius 3 is 2.62 bits per heavy atom. The predicted molar refractivity (Wildman–Crippen MR) is 115 cm³/mol. The highest BCUT2D eigenvalue weighted by atomic mass is 16.5. The minimum absolute atomic E-state index is 0.199. The van der Waals surface area contributed by atoms with Crippen LogP contribution in [-0.2, 0) is 4.74 Å². The van der Waals surface area contributed by atoms with E-state index in [-0.39, 0.29) is 5.91 Å². The zero-order valence-electron chi connectivity index (χ0n) is 17.0. The number of carbonyl (C=O) groups is 1. The van der Waals surface area contributed by atoms with E-state index in [9.17, 15) is 4.79 Å². The van der Waals surface area contributed by atoms with Crippen molar-refractivity contribution in [1.82, 2.24) is 20.2 Å². The van der Waals surface area contributed by atoms with E-state index in [0.717, 1.165) is 45.0 Å². The van der Waals surface area contributed by atoms with Crippen molar-refractivity contribution in [1.29, 1.82) is 0 Å². The Kier molecular flexibility index (Phi) is 8.15. The van der Waals surface area contributed by atoms with Gasteiger partial charge in [-0.3, -0.25) is 9.69 Å². The molecule has 1 amide bonds. The number of hydrogen-bond acceptors (Lipinski definition) is 6. The van der Waals surface area contributed by atoms with Crippen LogP contribution in [0.1, 0.15) is 22.5 Å². The number of nitrogens with zero attached hydrogens (tertiary/aromatic N) is 4. The van der Waals surface area contributed by atoms with Gasteiger partial charge in [-0.25, -0.2) is 9.97 Å². The number of amides is 1. The third kappa shape index (κ3) is 6.66. The summed E-state index contributed by atoms with van der Waals surface area (Å²) in [5.74, 6) is 0.621. The topological polar surface area (TPSA) is 70.6 Å². The van der Waals surface area contributed by atoms with Crippen LogP contribution in [-0.4, -0.2) is 73.8 Å². The van der Waals surface area contributed by atoms with Crippen LogP contribution >= 0.6 is 0 Å². The molecule has 1 N–H and O–H groups in total. The van der Waals surface area contributed by atoms with E-state index in [1.165, 1.54) is 5.56 Å². The Balaban J connectivity index is 1.42. The molecule has 0 spiro atoms. The normalized spacial score (nSPS) is 15.0. The molecule has 1 aromatic carbocycles. The lowest BCUT2D eigenvalue weighted by Crippen LogP contribution is -2.46. The molecule has 154 valence electrons. The maximum Gasteiger partial charge on any atom is 0.271 e. The first-order valence-electron chi connectivity index (χ1n) is 10.0. The van der Waals surface area contributed by atoms with Crippen molar-refractivity contribution in [2.24, 2.45) is 0 Å². The van der Waals surface area contributed by atoms with Gasteiger partial charge in [0.05, 0.1) is 12.4 Å². The van der Waals surface area contributed by atoms with Gasteiger partial charge in [0.15, 0.2) is 0 Å². The van der Waals surface area contributed by atoms with Crippen molar-refractivity contribution in [2.75, 3.05) is 57.9 Å². The molecule has 29 heavy (non-hydrogen) atoms. The van der Waals surface area contributed by atoms with Gasteiger partial charge in [-0.1, -0.05) is 42.5 Å². The van der Waals surface area contributed by atoms with Crippen molar-refractivity contribution >= 4 is 17.8 Å². The minimum Gasteiger partial charge on any atom is -0.385 e. The number of benzene rings is 1. The molecule has 0 radical (unpaired) electrons. The summed E-state index contributed by atoms with van der Waals surface area (Å²) in [6, 6.07) is 10.3. The molecule has 2 heterocycles. The fourth-order valence-electron chi connectivity index (χ4n) is 3.17. The quantitative estimate of drug-likeness (QED) is 0.656. The van der Waals surface area contributed by atoms with Crippen LogP contribution in [0.25, 0.3) is 6.08 Å². The van der Waals surface area contributed by atoms with E-state index in [4.69, 9.17) is 4.74 Å². The number of hydrogen-bond donors (Lipinski definition) is 1. The summed E-state index contributed by atoms with van der Waals surface area (Å²) in [5, 5.41) is 2.82. The van der Waals surface area contributed by atoms with E-state index in [2.05, 4.69) is 61.5 Å². The summed E-state index contributed by atoms with van der Waals surface area (Å²) in [5.41, 5.74) is 1.57. The lowest BCUT2D eigenvalue weighted by Gasteiger charge is -2.34. The lowest BCUT2D eigenvalue weighted by molar-refractivity contribution is 0.0943. The molecule has 1 saturated heterocycles. The van der Waals surface area contributed by atoms with Gasteiger partial charge in [0, 0.05) is 53.0 Å². The number of anilines is 1. The first kappa shape index (κ1) is 21.0. The standard InChI is InChI=1S/C22H29N5O2/c1-29-16-6-10-23-22(28)20-17-25-21(18-24-20)27-14-12-26(13-15-27)11-5-9-19-7-3-2-4-8-19/h2-5,7-9,17-18H,6,10-16H2,1H3,(H,23,28)/b9-5+. The van der Waals surface area contributed by atoms with E-state index in [1.807, 2.05) is 6.07 Å². The average molecular weight is 396 g/mol. The molecule has 0 unspecified atom stereocenters. The molecule has 1 fully saturated rings. The van der Waals surface area contributed by atoms with E-state index < -0.39 is 0 Å². The van der Waals surface area contributed by atoms with Crippen molar-refractivity contribution in [3.8, 4) is 0 Å². The predicted octanol–water partition coefficient (Wildman–Crippen LogP) is 2.08. The Bertz CT molecular complexity index is 772. The fourth-order valence-corrected chi connectivity index (χ4v) is 3.17. The molecular weight excluding hydrogens is 366 g/mol. The van der Waals surface area contributed by atoms with Gasteiger partial charge >= 0.3 is 0 Å². The molecule has 3 rings (SSSR count). The first-order chi connectivity index (χ1) is 14.3. The Hall–Kier alpha value is -2.77. The third-order valence-corrected chi connectivity index (χ3v) is 4.85. The molecular formula is C22H29N5O2. The molecule has 1 aromatic heterocycles. The Labute approximate surface area is 172 Å². The number of rotatable bonds is 9. The van der Waals surface area contributed by atoms with Crippen LogP contribution in [0.5, 0.6) is 0 Å². The van der Waals surface area contributed by atoms with Gasteiger partial charge in [0.2, 0.25) is 0 Å². The second-order valence-electron chi connectivity index (χ2n) is 6.96. The number of ether oxygens (including phenoxy) is 1. The summed E-state index contributed by atoms with van der Waals surface area (Å²) in [6.07, 6.45) is 8.39. The highest BCUT2D eigenvalue weighted by Crippen LogP contribution is 2.12. The van der Waals surface area contributed by atoms with Gasteiger partial charge in [-0.05, 0) is 12.0 Å². The molecule has 0 saturated carbocycles. The number of aromatic nitrogens is 2. The SMILES string of the molecule is COCCCNC(=O)c1cnc(N2CCN(C/C=C/c3ccccc3)CC2)cn1. The third-order valence-electron chi connectivity index (χ3n) is 4.85. The molecule has 1 aliphatic heterocycles. The zero-order chi connectivity index (χ0) is 20.3. The first-order valence-corrected chi connectivity index (χ1v) is 10.0. The molecule has 7 nitrogen and oxygen atoms in total. The Morgan fingerprint density at radius 1 is 1.14 bits per heavy atom. The maximum atomic E-state index is 12.1. The number of carbonyl (C=O) groups excluding carboxylic acids is 1. The van der Waals surface area contributed by atoms with Crippen LogP contribution in [0.15, 0.2) is 48.8 Å². The summed E-state index contributed by atoms with van der Waals surface area (Å²) in [4.78, 5) is 25.4. The maximum absolute atomic E-state index is 12.1. The van der Waals surface area contributed by atoms with Gasteiger partial charge in [-0.15, -0.1) is 0 Å². The fraction of sp³-hybridized carbons (Fsp3) is 0.409. The van der Waals surface area contributed by atoms with E-state index in [1.54, 1.807) is 19.5 Å². The molecule has 7 heteroatoms. The van der Waals surface area contributed by atoms with Crippen LogP contribution in [0, 0.1) is 0 Å². The monoisotopic (exact) mass is 395 g/mol. The van der Waals surface area contributed by atoms with Gasteiger partial charge < -0.3 is 15.0 Å². The summed E-state index contributed by atoms with van der Waals surface area (Å²) < 4.78 is 4.97. The summed E-state index contributed by atoms with van der Waals surface area (Å²) >= 11 is 0. The number of methoxy groups -OCH3 is 1. The zero-order valence-corrected chi connectivity index (χ0v) is 17.0. The van der Waals surface area contributed by atoms with E-state index >= 15 is 0 Å². The van der Waals surface area contributed by atoms with Crippen molar-refractivity contribution < 1.29 is 9.53 Å². The van der Waals surface area contributed by atoms with Crippen LogP contribution in [0.4, 0.5) is 5.82 Å². The summed E-state index contributed by atoms with van der Waals surface area (Å²) in [6.45, 7) is 5.88. The number of piperazine rings is 1. The van der Waals surface area contributed by atoms with Gasteiger partial charge in [-0.2, -0.15) is 0 Å². The van der Waals surface area contributed by atoms with E-state index in [0.29, 0.717) is 18.8 Å². The van der Waals surface area contributed by atoms with Crippen molar-refractivity contribution in [3.05, 3.63) is 60.1 Å². The van der Waals surface area contributed by atoms with Crippen molar-refractivity contribution in [3.63, 3.8) is 0 Å². The van der Waals surface area contributed by atoms with Crippen LogP contribution < -0.4 is 10.2 Å². The highest BCUT2D eigenvalue weighted by molar-refractivity contribution is 5.91. The number of nitrogens with one attached hydrogen (secondary N) is 1. The van der Waals surface area contributed by atoms with Crippen molar-refractivity contribution in [2.45, 2.75) is 6.42 Å². The lowest BCUT2D eigenvalue weighted by atomic mass is 10.2. The molecule has 0 aliphatic carbocycles. The second-order valence-corrected chi connectivity index (χ2v) is 6.96. The van der Waals surface area contributed by atoms with Gasteiger partial charge in [0.1, 0.15) is 11.5 Å². The summed E-state index contributed by atoms with van der Waals surface area (Å²) in [7, 11) is 1.65. The smallest absolute Gasteiger partial charge is 0.271 e. The average Bonchev–Trinajstić information content (AvgIpc) is 2.78. The Morgan fingerprint density at radius 2 is 1.93 bits per heavy atom. The molecule has 1 aliphatic rings. The molecule has 0 atom stereocenters.